The number of imide groups is 1. The standard InChI is InChI=1S/C40H49N11O12/c1-19(2)28(46-25(53)13-15-50-26(54)10-11-27(50)55)37(59)44-20(3)36(58)45-23-8-6-22(7-9-23)16-62-40(61)51-14-12-24(52)31(51)38(60)47-29-21(4)63-39(33(57)32(29)56)48-34-30-35(42-17-41-34)49(5)18-43-30/h6-11,17-18,20-21,24,28-29,31-33,39,52,56-57H,1,12-16H2,2-5H3,(H,44,59)(H,45,58)(H,46,53)(H,47,60)(H,41,42,48)/t20-,21-,24-,28-,29-,31+,32+,33-,39-/m0/s1. The molecule has 8 N–H and O–H groups in total. The minimum Gasteiger partial charge on any atom is -0.445 e. The molecular formula is C40H49N11O12. The van der Waals surface area contributed by atoms with Gasteiger partial charge in [-0.1, -0.05) is 18.7 Å². The number of carbonyl (C=O) groups excluding carboxylic acids is 7. The average Bonchev–Trinajstić information content (AvgIpc) is 3.94. The van der Waals surface area contributed by atoms with E-state index in [9.17, 15) is 48.9 Å². The maximum Gasteiger partial charge on any atom is 0.410 e. The molecular weight excluding hydrogens is 827 g/mol. The zero-order chi connectivity index (χ0) is 45.7. The molecule has 336 valence electrons. The quantitative estimate of drug-likeness (QED) is 0.0625. The second-order valence-electron chi connectivity index (χ2n) is 15.4. The summed E-state index contributed by atoms with van der Waals surface area (Å²) in [7, 11) is 1.75. The second-order valence-corrected chi connectivity index (χ2v) is 15.4. The summed E-state index contributed by atoms with van der Waals surface area (Å²) in [5, 5.41) is 46.0. The molecule has 63 heavy (non-hydrogen) atoms. The van der Waals surface area contributed by atoms with E-state index in [0.717, 1.165) is 22.0 Å². The van der Waals surface area contributed by atoms with Gasteiger partial charge in [0.05, 0.1) is 24.6 Å². The van der Waals surface area contributed by atoms with Crippen LogP contribution in [0.5, 0.6) is 0 Å². The molecule has 1 aromatic carbocycles. The number of amides is 7. The summed E-state index contributed by atoms with van der Waals surface area (Å²) in [6.07, 6.45) is -2.35. The molecule has 0 saturated carbocycles. The number of anilines is 2. The molecule has 5 heterocycles. The van der Waals surface area contributed by atoms with Crippen molar-refractivity contribution in [2.75, 3.05) is 23.7 Å². The van der Waals surface area contributed by atoms with Gasteiger partial charge in [-0.15, -0.1) is 0 Å². The number of nitrogens with zero attached hydrogens (tertiary/aromatic N) is 6. The SMILES string of the molecule is C=C(C)[C@H](NC(=O)CCN1C(=O)C=CC1=O)C(=O)N[C@@H](C)C(=O)Nc1ccc(COC(=O)N2CC[C@H](O)[C@@H]2C(=O)N[C@@H]2[C@@H](O)[C@H](O)[C@@H](Nc3ncnc4c3ncn4C)O[C@H]2C)cc1. The Bertz CT molecular complexity index is 2280. The highest BCUT2D eigenvalue weighted by Gasteiger charge is 2.47. The minimum atomic E-state index is -1.54. The predicted octanol–water partition coefficient (Wildman–Crippen LogP) is -1.68. The fourth-order valence-electron chi connectivity index (χ4n) is 7.16. The molecule has 7 amide bonds. The van der Waals surface area contributed by atoms with Gasteiger partial charge in [-0.2, -0.15) is 0 Å². The van der Waals surface area contributed by atoms with Crippen molar-refractivity contribution in [3.63, 3.8) is 0 Å². The van der Waals surface area contributed by atoms with Crippen molar-refractivity contribution in [3.8, 4) is 0 Å². The molecule has 0 unspecified atom stereocenters. The minimum absolute atomic E-state index is 0.00688. The Hall–Kier alpha value is -6.82. The summed E-state index contributed by atoms with van der Waals surface area (Å²) in [5.74, 6) is -3.54. The Morgan fingerprint density at radius 2 is 1.68 bits per heavy atom. The van der Waals surface area contributed by atoms with E-state index in [1.807, 2.05) is 0 Å². The lowest BCUT2D eigenvalue weighted by Crippen LogP contribution is -2.66. The third kappa shape index (κ3) is 10.5. The molecule has 3 aromatic rings. The van der Waals surface area contributed by atoms with Crippen molar-refractivity contribution in [1.29, 1.82) is 0 Å². The topological polar surface area (TPSA) is 309 Å². The molecule has 6 rings (SSSR count). The lowest BCUT2D eigenvalue weighted by atomic mass is 9.95. The lowest BCUT2D eigenvalue weighted by Gasteiger charge is -2.42. The van der Waals surface area contributed by atoms with Crippen molar-refractivity contribution in [2.24, 2.45) is 7.05 Å². The number of nitrogens with one attached hydrogen (secondary N) is 5. The summed E-state index contributed by atoms with van der Waals surface area (Å²) in [4.78, 5) is 103. The first-order chi connectivity index (χ1) is 29.9. The maximum absolute atomic E-state index is 13.5. The van der Waals surface area contributed by atoms with Gasteiger partial charge in [0.25, 0.3) is 11.8 Å². The Kier molecular flexibility index (Phi) is 14.1. The van der Waals surface area contributed by atoms with Crippen LogP contribution in [0, 0.1) is 0 Å². The number of benzene rings is 1. The van der Waals surface area contributed by atoms with Gasteiger partial charge in [-0.25, -0.2) is 19.7 Å². The van der Waals surface area contributed by atoms with Gasteiger partial charge < -0.3 is 55.9 Å². The smallest absolute Gasteiger partial charge is 0.410 e. The zero-order valence-electron chi connectivity index (χ0n) is 34.8. The number of aliphatic hydroxyl groups excluding tert-OH is 3. The van der Waals surface area contributed by atoms with Gasteiger partial charge >= 0.3 is 6.09 Å². The number of rotatable bonds is 15. The van der Waals surface area contributed by atoms with E-state index in [0.29, 0.717) is 22.4 Å². The molecule has 0 bridgehead atoms. The van der Waals surface area contributed by atoms with Gasteiger partial charge in [-0.05, 0) is 50.5 Å². The number of hydrogen-bond acceptors (Lipinski definition) is 16. The monoisotopic (exact) mass is 875 g/mol. The summed E-state index contributed by atoms with van der Waals surface area (Å²) in [6.45, 7) is 7.84. The number of imidazole rings is 1. The summed E-state index contributed by atoms with van der Waals surface area (Å²) in [6, 6.07) is 1.45. The zero-order valence-corrected chi connectivity index (χ0v) is 34.8. The Labute approximate surface area is 359 Å². The molecule has 2 fully saturated rings. The van der Waals surface area contributed by atoms with Crippen molar-refractivity contribution >= 4 is 64.2 Å². The molecule has 9 atom stereocenters. The fraction of sp³-hybridized carbons (Fsp3) is 0.450. The molecule has 0 radical (unpaired) electrons. The van der Waals surface area contributed by atoms with E-state index in [2.05, 4.69) is 48.1 Å². The number of aryl methyl sites for hydroxylation is 1. The predicted molar refractivity (Wildman–Crippen MR) is 219 cm³/mol. The molecule has 3 aliphatic heterocycles. The van der Waals surface area contributed by atoms with Crippen molar-refractivity contribution in [2.45, 2.75) is 95.0 Å². The molecule has 0 spiro atoms. The molecule has 23 heteroatoms. The van der Waals surface area contributed by atoms with Crippen LogP contribution >= 0.6 is 0 Å². The van der Waals surface area contributed by atoms with Crippen molar-refractivity contribution < 1.29 is 58.4 Å². The Balaban J connectivity index is 0.957. The second kappa shape index (κ2) is 19.5. The van der Waals surface area contributed by atoms with Crippen LogP contribution in [0.15, 0.2) is 61.2 Å². The average molecular weight is 876 g/mol. The first kappa shape index (κ1) is 45.7. The number of carbonyl (C=O) groups is 7. The Morgan fingerprint density at radius 1 is 0.984 bits per heavy atom. The Morgan fingerprint density at radius 3 is 2.37 bits per heavy atom. The largest absolute Gasteiger partial charge is 0.445 e. The van der Waals surface area contributed by atoms with Gasteiger partial charge in [0.1, 0.15) is 48.8 Å². The van der Waals surface area contributed by atoms with Crippen molar-refractivity contribution in [1.82, 2.24) is 45.3 Å². The first-order valence-electron chi connectivity index (χ1n) is 19.9. The van der Waals surface area contributed by atoms with Gasteiger partial charge in [-0.3, -0.25) is 38.6 Å². The van der Waals surface area contributed by atoms with Gasteiger partial charge in [0.2, 0.25) is 23.6 Å². The van der Waals surface area contributed by atoms with Crippen molar-refractivity contribution in [3.05, 3.63) is 66.8 Å². The summed E-state index contributed by atoms with van der Waals surface area (Å²) < 4.78 is 13.1. The van der Waals surface area contributed by atoms with E-state index in [-0.39, 0.29) is 43.9 Å². The van der Waals surface area contributed by atoms with Crippen LogP contribution < -0.4 is 26.6 Å². The number of hydrogen-bond donors (Lipinski definition) is 8. The number of fused-ring (bicyclic) bond motifs is 1. The van der Waals surface area contributed by atoms with Crippen LogP contribution in [0.1, 0.15) is 39.2 Å². The molecule has 2 aromatic heterocycles. The third-order valence-electron chi connectivity index (χ3n) is 10.7. The van der Waals surface area contributed by atoms with E-state index in [1.165, 1.54) is 32.3 Å². The molecule has 3 aliphatic rings. The van der Waals surface area contributed by atoms with E-state index in [4.69, 9.17) is 9.47 Å². The van der Waals surface area contributed by atoms with Crippen LogP contribution in [-0.2, 0) is 51.9 Å². The number of ether oxygens (including phenoxy) is 2. The summed E-state index contributed by atoms with van der Waals surface area (Å²) >= 11 is 0. The maximum atomic E-state index is 13.5. The van der Waals surface area contributed by atoms with Gasteiger partial charge in [0, 0.05) is 44.4 Å². The molecule has 2 saturated heterocycles. The lowest BCUT2D eigenvalue weighted by molar-refractivity contribution is -0.173. The van der Waals surface area contributed by atoms with Crippen LogP contribution in [0.25, 0.3) is 11.2 Å². The molecule has 0 aliphatic carbocycles. The molecule has 23 nitrogen and oxygen atoms in total. The van der Waals surface area contributed by atoms with Crippen LogP contribution in [0.3, 0.4) is 0 Å². The highest BCUT2D eigenvalue weighted by Crippen LogP contribution is 2.26. The van der Waals surface area contributed by atoms with E-state index >= 15 is 0 Å². The van der Waals surface area contributed by atoms with E-state index in [1.54, 1.807) is 37.0 Å². The third-order valence-corrected chi connectivity index (χ3v) is 10.7. The highest BCUT2D eigenvalue weighted by molar-refractivity contribution is 6.13. The van der Waals surface area contributed by atoms with Crippen LogP contribution in [-0.4, -0.2) is 154 Å². The normalized spacial score (nSPS) is 24.1. The number of aliphatic hydroxyl groups is 3. The summed E-state index contributed by atoms with van der Waals surface area (Å²) in [5.41, 5.74) is 2.07. The van der Waals surface area contributed by atoms with Crippen LogP contribution in [0.2, 0.25) is 0 Å². The fourth-order valence-corrected chi connectivity index (χ4v) is 7.16. The number of aromatic nitrogens is 4. The van der Waals surface area contributed by atoms with E-state index < -0.39 is 96.3 Å². The first-order valence-corrected chi connectivity index (χ1v) is 19.9. The highest BCUT2D eigenvalue weighted by atomic mass is 16.6. The number of likely N-dealkylation sites (tertiary alicyclic amines) is 1. The van der Waals surface area contributed by atoms with Crippen LogP contribution in [0.4, 0.5) is 16.3 Å². The van der Waals surface area contributed by atoms with Gasteiger partial charge in [0.15, 0.2) is 17.7 Å².